The third-order valence-electron chi connectivity index (χ3n) is 6.18. The normalized spacial score (nSPS) is 19.0. The Morgan fingerprint density at radius 1 is 1.17 bits per heavy atom. The van der Waals surface area contributed by atoms with Crippen LogP contribution in [-0.4, -0.2) is 25.1 Å². The monoisotopic (exact) mass is 455 g/mol. The van der Waals surface area contributed by atoms with Crippen molar-refractivity contribution < 1.29 is 0 Å². The Morgan fingerprint density at radius 3 is 2.66 bits per heavy atom. The molecule has 0 amide bonds. The number of nitrogens with zero attached hydrogens (tertiary/aromatic N) is 4. The van der Waals surface area contributed by atoms with Crippen LogP contribution >= 0.6 is 15.9 Å². The lowest BCUT2D eigenvalue weighted by atomic mass is 10.1. The van der Waals surface area contributed by atoms with Gasteiger partial charge in [-0.1, -0.05) is 47.8 Å². The molecule has 152 valence electrons. The van der Waals surface area contributed by atoms with Crippen LogP contribution < -0.4 is 11.0 Å². The summed E-state index contributed by atoms with van der Waals surface area (Å²) in [6.07, 6.45) is 6.57. The minimum atomic E-state index is 0.0260. The van der Waals surface area contributed by atoms with Gasteiger partial charge in [0.15, 0.2) is 5.82 Å². The van der Waals surface area contributed by atoms with Gasteiger partial charge in [-0.2, -0.15) is 0 Å². The predicted octanol–water partition coefficient (Wildman–Crippen LogP) is 4.41. The third kappa shape index (κ3) is 3.39. The van der Waals surface area contributed by atoms with Crippen LogP contribution in [0.3, 0.4) is 0 Å². The maximum absolute atomic E-state index is 13.2. The van der Waals surface area contributed by atoms with Crippen LogP contribution in [0.25, 0.3) is 11.5 Å². The molecule has 0 radical (unpaired) electrons. The number of benzene rings is 1. The highest BCUT2D eigenvalue weighted by atomic mass is 79.9. The standard InChI is InChI=1S/C22H26BrN5O/c1-2-11-27-21-18(25-19(26-21)15-5-3-4-6-15)20-24-17(13-28(20)22(27)29)12-14-7-9-16(23)10-8-14/h7-10,15,17,24H,2-6,11-13H2,1H3. The second-order valence-electron chi connectivity index (χ2n) is 8.30. The van der Waals surface area contributed by atoms with Crippen LogP contribution in [0.1, 0.15) is 56.3 Å². The van der Waals surface area contributed by atoms with E-state index < -0.39 is 0 Å². The van der Waals surface area contributed by atoms with E-state index in [1.807, 2.05) is 9.13 Å². The smallest absolute Gasteiger partial charge is 0.331 e. The molecule has 3 heterocycles. The molecule has 7 heteroatoms. The van der Waals surface area contributed by atoms with E-state index in [0.29, 0.717) is 19.0 Å². The average molecular weight is 456 g/mol. The number of hydrogen-bond acceptors (Lipinski definition) is 4. The van der Waals surface area contributed by atoms with Gasteiger partial charge in [0.1, 0.15) is 17.3 Å². The molecule has 1 aromatic carbocycles. The lowest BCUT2D eigenvalue weighted by molar-refractivity contribution is 0.560. The van der Waals surface area contributed by atoms with Crippen molar-refractivity contribution in [1.82, 2.24) is 19.1 Å². The highest BCUT2D eigenvalue weighted by Gasteiger charge is 2.33. The average Bonchev–Trinajstić information content (AvgIpc) is 3.45. The van der Waals surface area contributed by atoms with E-state index in [1.54, 1.807) is 0 Å². The van der Waals surface area contributed by atoms with Gasteiger partial charge in [0.05, 0.1) is 0 Å². The molecule has 3 aliphatic heterocycles. The van der Waals surface area contributed by atoms with Crippen LogP contribution in [0, 0.1) is 0 Å². The topological polar surface area (TPSA) is 64.7 Å². The van der Waals surface area contributed by atoms with Crippen molar-refractivity contribution in [3.63, 3.8) is 0 Å². The predicted molar refractivity (Wildman–Crippen MR) is 118 cm³/mol. The van der Waals surface area contributed by atoms with Gasteiger partial charge >= 0.3 is 5.69 Å². The Balaban J connectivity index is 1.52. The summed E-state index contributed by atoms with van der Waals surface area (Å²) < 4.78 is 4.77. The van der Waals surface area contributed by atoms with Crippen molar-refractivity contribution in [1.29, 1.82) is 0 Å². The quantitative estimate of drug-likeness (QED) is 0.618. The minimum absolute atomic E-state index is 0.0260. The molecule has 1 unspecified atom stereocenters. The summed E-state index contributed by atoms with van der Waals surface area (Å²) in [5.41, 5.74) is 2.14. The largest absolute Gasteiger partial charge is 0.365 e. The lowest BCUT2D eigenvalue weighted by Gasteiger charge is -2.13. The van der Waals surface area contributed by atoms with Crippen molar-refractivity contribution in [2.75, 3.05) is 5.32 Å². The van der Waals surface area contributed by atoms with Gasteiger partial charge in [-0.3, -0.25) is 9.13 Å². The highest BCUT2D eigenvalue weighted by Crippen LogP contribution is 2.37. The summed E-state index contributed by atoms with van der Waals surface area (Å²) in [6, 6.07) is 8.56. The van der Waals surface area contributed by atoms with Crippen molar-refractivity contribution in [2.24, 2.45) is 0 Å². The number of hydrogen-bond donors (Lipinski definition) is 1. The molecule has 0 bridgehead atoms. The maximum atomic E-state index is 13.2. The Labute approximate surface area is 178 Å². The second kappa shape index (κ2) is 7.59. The molecule has 0 saturated heterocycles. The van der Waals surface area contributed by atoms with Crippen LogP contribution in [0.5, 0.6) is 0 Å². The second-order valence-corrected chi connectivity index (χ2v) is 9.22. The summed E-state index contributed by atoms with van der Waals surface area (Å²) in [4.78, 5) is 23.1. The number of nitrogens with one attached hydrogen (secondary N) is 1. The molecule has 1 aliphatic carbocycles. The van der Waals surface area contributed by atoms with Crippen molar-refractivity contribution in [2.45, 2.75) is 70.5 Å². The van der Waals surface area contributed by atoms with E-state index in [9.17, 15) is 4.79 Å². The van der Waals surface area contributed by atoms with Gasteiger partial charge in [0, 0.05) is 29.5 Å². The zero-order chi connectivity index (χ0) is 20.0. The first kappa shape index (κ1) is 18.9. The fourth-order valence-corrected chi connectivity index (χ4v) is 5.01. The van der Waals surface area contributed by atoms with Crippen LogP contribution in [0.15, 0.2) is 33.5 Å². The molecule has 1 aromatic rings. The fourth-order valence-electron chi connectivity index (χ4n) is 4.75. The summed E-state index contributed by atoms with van der Waals surface area (Å²) >= 11 is 3.49. The Bertz CT molecular complexity index is 1050. The summed E-state index contributed by atoms with van der Waals surface area (Å²) in [5.74, 6) is 2.96. The van der Waals surface area contributed by atoms with Crippen molar-refractivity contribution in [3.05, 3.63) is 50.6 Å². The van der Waals surface area contributed by atoms with E-state index in [0.717, 1.165) is 53.3 Å². The first-order valence-electron chi connectivity index (χ1n) is 10.7. The number of anilines is 1. The van der Waals surface area contributed by atoms with Crippen molar-refractivity contribution in [3.8, 4) is 11.5 Å². The molecule has 5 rings (SSSR count). The molecule has 1 saturated carbocycles. The van der Waals surface area contributed by atoms with E-state index in [-0.39, 0.29) is 11.7 Å². The zero-order valence-electron chi connectivity index (χ0n) is 16.7. The fraction of sp³-hybridized carbons (Fsp3) is 0.500. The van der Waals surface area contributed by atoms with E-state index in [1.165, 1.54) is 18.4 Å². The first-order valence-corrected chi connectivity index (χ1v) is 11.4. The highest BCUT2D eigenvalue weighted by molar-refractivity contribution is 9.10. The molecule has 0 aromatic heterocycles. The van der Waals surface area contributed by atoms with Gasteiger partial charge in [0.25, 0.3) is 0 Å². The number of aromatic nitrogens is 4. The SMILES string of the molecule is CCCn1c2nc(C3CCCC3)nc-2c2n(c1=O)CC(Cc1ccc(Br)cc1)N2. The van der Waals surface area contributed by atoms with Gasteiger partial charge in [0.2, 0.25) is 0 Å². The minimum Gasteiger partial charge on any atom is -0.365 e. The van der Waals surface area contributed by atoms with Crippen LogP contribution in [0.2, 0.25) is 0 Å². The molecular formula is C22H26BrN5O. The number of fused-ring (bicyclic) bond motifs is 3. The first-order chi connectivity index (χ1) is 14.1. The van der Waals surface area contributed by atoms with Crippen LogP contribution in [-0.2, 0) is 19.5 Å². The Kier molecular flexibility index (Phi) is 4.94. The third-order valence-corrected chi connectivity index (χ3v) is 6.71. The summed E-state index contributed by atoms with van der Waals surface area (Å²) in [6.45, 7) is 3.43. The summed E-state index contributed by atoms with van der Waals surface area (Å²) in [5, 5.41) is 3.59. The molecule has 6 nitrogen and oxygen atoms in total. The molecule has 1 atom stereocenters. The van der Waals surface area contributed by atoms with E-state index in [2.05, 4.69) is 52.4 Å². The number of halogens is 1. The summed E-state index contributed by atoms with van der Waals surface area (Å²) in [7, 11) is 0. The molecule has 1 fully saturated rings. The van der Waals surface area contributed by atoms with Gasteiger partial charge in [-0.25, -0.2) is 14.8 Å². The number of imidazole rings is 1. The molecular weight excluding hydrogens is 430 g/mol. The molecule has 0 spiro atoms. The van der Waals surface area contributed by atoms with Crippen molar-refractivity contribution >= 4 is 21.7 Å². The molecule has 29 heavy (non-hydrogen) atoms. The van der Waals surface area contributed by atoms with Gasteiger partial charge < -0.3 is 5.32 Å². The van der Waals surface area contributed by atoms with Gasteiger partial charge in [-0.15, -0.1) is 0 Å². The molecule has 1 N–H and O–H groups in total. The van der Waals surface area contributed by atoms with E-state index in [4.69, 9.17) is 9.97 Å². The Hall–Kier alpha value is -2.15. The maximum Gasteiger partial charge on any atom is 0.331 e. The zero-order valence-corrected chi connectivity index (χ0v) is 18.3. The van der Waals surface area contributed by atoms with Gasteiger partial charge in [-0.05, 0) is 43.4 Å². The Morgan fingerprint density at radius 2 is 1.93 bits per heavy atom. The number of rotatable bonds is 5. The van der Waals surface area contributed by atoms with Crippen LogP contribution in [0.4, 0.5) is 5.82 Å². The van der Waals surface area contributed by atoms with E-state index >= 15 is 0 Å². The lowest BCUT2D eigenvalue weighted by Crippen LogP contribution is -2.32. The molecule has 4 aliphatic rings.